The Morgan fingerprint density at radius 3 is 2.50 bits per heavy atom. The van der Waals surface area contributed by atoms with Gasteiger partial charge in [0, 0.05) is 6.42 Å². The minimum Gasteiger partial charge on any atom is -0.496 e. The van der Waals surface area contributed by atoms with Crippen molar-refractivity contribution in [1.82, 2.24) is 0 Å². The molecule has 0 heterocycles. The predicted molar refractivity (Wildman–Crippen MR) is 80.8 cm³/mol. The Balaban J connectivity index is 1.44. The lowest BCUT2D eigenvalue weighted by Crippen LogP contribution is -2.32. The Bertz CT molecular complexity index is 293. The molecule has 116 valence electrons. The van der Waals surface area contributed by atoms with Gasteiger partial charge in [-0.05, 0) is 45.1 Å². The van der Waals surface area contributed by atoms with Crippen molar-refractivity contribution in [1.29, 1.82) is 0 Å². The van der Waals surface area contributed by atoms with Gasteiger partial charge in [-0.1, -0.05) is 19.3 Å². The Morgan fingerprint density at radius 1 is 0.950 bits per heavy atom. The normalized spacial score (nSPS) is 22.4. The highest BCUT2D eigenvalue weighted by Gasteiger charge is 2.26. The first-order chi connectivity index (χ1) is 9.79. The summed E-state index contributed by atoms with van der Waals surface area (Å²) < 4.78 is 17.3. The van der Waals surface area contributed by atoms with Gasteiger partial charge in [-0.2, -0.15) is 0 Å². The summed E-state index contributed by atoms with van der Waals surface area (Å²) in [6.07, 6.45) is 13.4. The summed E-state index contributed by atoms with van der Waals surface area (Å²) in [6.45, 7) is 4.96. The molecule has 0 spiro atoms. The molecule has 2 aliphatic rings. The Labute approximate surface area is 123 Å². The van der Waals surface area contributed by atoms with Crippen LogP contribution in [0, 0.1) is 0 Å². The quantitative estimate of drug-likeness (QED) is 0.624. The van der Waals surface area contributed by atoms with Gasteiger partial charge in [0.05, 0.1) is 31.2 Å². The Kier molecular flexibility index (Phi) is 6.88. The summed E-state index contributed by atoms with van der Waals surface area (Å²) >= 11 is 0. The van der Waals surface area contributed by atoms with E-state index in [1.807, 2.05) is 0 Å². The van der Waals surface area contributed by atoms with Gasteiger partial charge >= 0.3 is 0 Å². The first-order valence-corrected chi connectivity index (χ1v) is 8.32. The van der Waals surface area contributed by atoms with E-state index in [0.29, 0.717) is 26.4 Å². The molecule has 0 amide bonds. The second-order valence-corrected chi connectivity index (χ2v) is 6.24. The van der Waals surface area contributed by atoms with Crippen LogP contribution in [0.2, 0.25) is 0 Å². The van der Waals surface area contributed by atoms with Gasteiger partial charge in [-0.3, -0.25) is 0 Å². The van der Waals surface area contributed by atoms with Crippen LogP contribution in [0.5, 0.6) is 0 Å². The van der Waals surface area contributed by atoms with E-state index in [2.05, 4.69) is 13.0 Å². The first-order valence-electron chi connectivity index (χ1n) is 8.32. The standard InChI is InChI=1S/C17H30O3/c1-17(10-6-3-7-11-17)20-15-13-18-12-14-19-16-8-4-2-5-9-16/h8H,2-7,9-15H2,1H3. The molecule has 0 unspecified atom stereocenters. The summed E-state index contributed by atoms with van der Waals surface area (Å²) in [5, 5.41) is 0. The van der Waals surface area contributed by atoms with Crippen LogP contribution < -0.4 is 0 Å². The number of rotatable bonds is 8. The lowest BCUT2D eigenvalue weighted by atomic mass is 9.86. The molecule has 1 fully saturated rings. The van der Waals surface area contributed by atoms with E-state index in [9.17, 15) is 0 Å². The molecule has 3 nitrogen and oxygen atoms in total. The van der Waals surface area contributed by atoms with E-state index >= 15 is 0 Å². The van der Waals surface area contributed by atoms with Crippen LogP contribution in [0.1, 0.15) is 64.7 Å². The zero-order valence-corrected chi connectivity index (χ0v) is 13.0. The maximum Gasteiger partial charge on any atom is 0.111 e. The molecule has 0 N–H and O–H groups in total. The lowest BCUT2D eigenvalue weighted by molar-refractivity contribution is -0.0783. The number of hydrogen-bond donors (Lipinski definition) is 0. The van der Waals surface area contributed by atoms with Crippen LogP contribution >= 0.6 is 0 Å². The van der Waals surface area contributed by atoms with Gasteiger partial charge in [0.1, 0.15) is 6.61 Å². The van der Waals surface area contributed by atoms with E-state index in [-0.39, 0.29) is 5.60 Å². The highest BCUT2D eigenvalue weighted by atomic mass is 16.6. The van der Waals surface area contributed by atoms with E-state index in [4.69, 9.17) is 14.2 Å². The zero-order valence-electron chi connectivity index (χ0n) is 13.0. The van der Waals surface area contributed by atoms with Gasteiger partial charge in [-0.15, -0.1) is 0 Å². The third-order valence-electron chi connectivity index (χ3n) is 4.35. The largest absolute Gasteiger partial charge is 0.496 e. The van der Waals surface area contributed by atoms with Crippen molar-refractivity contribution in [3.05, 3.63) is 11.8 Å². The molecule has 0 aromatic heterocycles. The SMILES string of the molecule is CC1(OCCOCCOC2=CCCCC2)CCCCC1. The Morgan fingerprint density at radius 2 is 1.75 bits per heavy atom. The van der Waals surface area contributed by atoms with Crippen LogP contribution in [-0.4, -0.2) is 32.0 Å². The minimum absolute atomic E-state index is 0.102. The molecule has 2 aliphatic carbocycles. The lowest BCUT2D eigenvalue weighted by Gasteiger charge is -2.33. The fraction of sp³-hybridized carbons (Fsp3) is 0.882. The Hall–Kier alpha value is -0.540. The molecule has 0 radical (unpaired) electrons. The molecule has 0 aromatic rings. The molecule has 20 heavy (non-hydrogen) atoms. The van der Waals surface area contributed by atoms with Crippen molar-refractivity contribution >= 4 is 0 Å². The van der Waals surface area contributed by atoms with Crippen molar-refractivity contribution in [3.63, 3.8) is 0 Å². The predicted octanol–water partition coefficient (Wildman–Crippen LogP) is 4.22. The van der Waals surface area contributed by atoms with Gasteiger partial charge in [0.15, 0.2) is 0 Å². The maximum atomic E-state index is 5.99. The summed E-state index contributed by atoms with van der Waals surface area (Å²) in [4.78, 5) is 0. The molecule has 0 atom stereocenters. The van der Waals surface area contributed by atoms with Gasteiger partial charge in [0.2, 0.25) is 0 Å². The maximum absolute atomic E-state index is 5.99. The molecule has 0 bridgehead atoms. The first kappa shape index (κ1) is 15.8. The molecule has 0 saturated heterocycles. The summed E-state index contributed by atoms with van der Waals surface area (Å²) in [5.41, 5.74) is 0.102. The molecule has 2 rings (SSSR count). The van der Waals surface area contributed by atoms with Crippen LogP contribution in [0.3, 0.4) is 0 Å². The smallest absolute Gasteiger partial charge is 0.111 e. The molecule has 1 saturated carbocycles. The molecule has 3 heteroatoms. The van der Waals surface area contributed by atoms with Crippen molar-refractivity contribution < 1.29 is 14.2 Å². The minimum atomic E-state index is 0.102. The van der Waals surface area contributed by atoms with Crippen LogP contribution in [0.25, 0.3) is 0 Å². The van der Waals surface area contributed by atoms with Crippen LogP contribution in [0.4, 0.5) is 0 Å². The highest BCUT2D eigenvalue weighted by Crippen LogP contribution is 2.30. The monoisotopic (exact) mass is 282 g/mol. The summed E-state index contributed by atoms with van der Waals surface area (Å²) in [7, 11) is 0. The number of hydrogen-bond acceptors (Lipinski definition) is 3. The molecular formula is C17H30O3. The average Bonchev–Trinajstić information content (AvgIpc) is 2.48. The van der Waals surface area contributed by atoms with E-state index in [1.165, 1.54) is 51.4 Å². The van der Waals surface area contributed by atoms with Gasteiger partial charge < -0.3 is 14.2 Å². The second-order valence-electron chi connectivity index (χ2n) is 6.24. The second kappa shape index (κ2) is 8.68. The van der Waals surface area contributed by atoms with Crippen LogP contribution in [-0.2, 0) is 14.2 Å². The van der Waals surface area contributed by atoms with E-state index in [1.54, 1.807) is 0 Å². The number of allylic oxidation sites excluding steroid dienone is 2. The fourth-order valence-electron chi connectivity index (χ4n) is 3.06. The third kappa shape index (κ3) is 5.84. The van der Waals surface area contributed by atoms with Crippen molar-refractivity contribution in [2.75, 3.05) is 26.4 Å². The van der Waals surface area contributed by atoms with E-state index in [0.717, 1.165) is 12.2 Å². The van der Waals surface area contributed by atoms with Crippen molar-refractivity contribution in [2.45, 2.75) is 70.3 Å². The van der Waals surface area contributed by atoms with Gasteiger partial charge in [-0.25, -0.2) is 0 Å². The topological polar surface area (TPSA) is 27.7 Å². The average molecular weight is 282 g/mol. The third-order valence-corrected chi connectivity index (χ3v) is 4.35. The molecular weight excluding hydrogens is 252 g/mol. The highest BCUT2D eigenvalue weighted by molar-refractivity contribution is 4.96. The van der Waals surface area contributed by atoms with Gasteiger partial charge in [0.25, 0.3) is 0 Å². The van der Waals surface area contributed by atoms with E-state index < -0.39 is 0 Å². The van der Waals surface area contributed by atoms with Crippen molar-refractivity contribution in [2.24, 2.45) is 0 Å². The molecule has 0 aliphatic heterocycles. The molecule has 0 aromatic carbocycles. The fourth-order valence-corrected chi connectivity index (χ4v) is 3.06. The zero-order chi connectivity index (χ0) is 14.1. The number of ether oxygens (including phenoxy) is 3. The summed E-state index contributed by atoms with van der Waals surface area (Å²) in [5.74, 6) is 1.16. The van der Waals surface area contributed by atoms with Crippen LogP contribution in [0.15, 0.2) is 11.8 Å². The summed E-state index contributed by atoms with van der Waals surface area (Å²) in [6, 6.07) is 0. The van der Waals surface area contributed by atoms with Crippen molar-refractivity contribution in [3.8, 4) is 0 Å².